The first-order valence-electron chi connectivity index (χ1n) is 8.81. The third-order valence-electron chi connectivity index (χ3n) is 4.66. The molecule has 0 atom stereocenters. The van der Waals surface area contributed by atoms with Gasteiger partial charge in [-0.3, -0.25) is 14.3 Å². The summed E-state index contributed by atoms with van der Waals surface area (Å²) in [6.07, 6.45) is 7.29. The van der Waals surface area contributed by atoms with E-state index < -0.39 is 0 Å². The lowest BCUT2D eigenvalue weighted by Crippen LogP contribution is -2.22. The second kappa shape index (κ2) is 7.00. The summed E-state index contributed by atoms with van der Waals surface area (Å²) in [7, 11) is 0. The van der Waals surface area contributed by atoms with Crippen LogP contribution in [0.25, 0.3) is 28.7 Å². The summed E-state index contributed by atoms with van der Waals surface area (Å²) in [6, 6.07) is 17.3. The maximum absolute atomic E-state index is 13.2. The van der Waals surface area contributed by atoms with Gasteiger partial charge in [0.1, 0.15) is 5.82 Å². The minimum absolute atomic E-state index is 0.0744. The molecule has 0 N–H and O–H groups in total. The number of fused-ring (bicyclic) bond motifs is 1. The van der Waals surface area contributed by atoms with Crippen LogP contribution >= 0.6 is 0 Å². The van der Waals surface area contributed by atoms with E-state index in [1.807, 2.05) is 73.7 Å². The third-order valence-corrected chi connectivity index (χ3v) is 4.66. The van der Waals surface area contributed by atoms with Crippen LogP contribution in [0.15, 0.2) is 71.8 Å². The molecule has 0 aliphatic carbocycles. The molecule has 0 saturated carbocycles. The Morgan fingerprint density at radius 3 is 2.56 bits per heavy atom. The SMILES string of the molecule is Cc1ccc(-n2c(C=Cc3cccnc3)nc3ccccc3c2=O)cc1C. The number of hydrogen-bond acceptors (Lipinski definition) is 3. The highest BCUT2D eigenvalue weighted by Crippen LogP contribution is 2.18. The van der Waals surface area contributed by atoms with Crippen molar-refractivity contribution in [1.82, 2.24) is 14.5 Å². The molecule has 132 valence electrons. The standard InChI is InChI=1S/C23H19N3O/c1-16-9-11-19(14-17(16)2)26-22(12-10-18-6-5-13-24-15-18)25-21-8-4-3-7-20(21)23(26)27/h3-15H,1-2H3. The number of nitrogens with zero attached hydrogens (tertiary/aromatic N) is 3. The third kappa shape index (κ3) is 3.29. The zero-order chi connectivity index (χ0) is 18.8. The summed E-state index contributed by atoms with van der Waals surface area (Å²) >= 11 is 0. The molecule has 0 spiro atoms. The molecule has 0 bridgehead atoms. The Morgan fingerprint density at radius 1 is 0.926 bits per heavy atom. The second-order valence-corrected chi connectivity index (χ2v) is 6.52. The van der Waals surface area contributed by atoms with Gasteiger partial charge in [0.15, 0.2) is 0 Å². The van der Waals surface area contributed by atoms with E-state index in [2.05, 4.69) is 11.9 Å². The van der Waals surface area contributed by atoms with Gasteiger partial charge in [0.2, 0.25) is 0 Å². The van der Waals surface area contributed by atoms with Crippen molar-refractivity contribution in [3.8, 4) is 5.69 Å². The van der Waals surface area contributed by atoms with Gasteiger partial charge >= 0.3 is 0 Å². The highest BCUT2D eigenvalue weighted by atomic mass is 16.1. The van der Waals surface area contributed by atoms with Crippen molar-refractivity contribution >= 4 is 23.1 Å². The van der Waals surface area contributed by atoms with Crippen molar-refractivity contribution < 1.29 is 0 Å². The summed E-state index contributed by atoms with van der Waals surface area (Å²) in [5.41, 5.74) is 4.70. The van der Waals surface area contributed by atoms with Gasteiger partial charge in [-0.05, 0) is 73.0 Å². The molecular formula is C23H19N3O. The van der Waals surface area contributed by atoms with Gasteiger partial charge in [-0.2, -0.15) is 0 Å². The molecule has 2 heterocycles. The van der Waals surface area contributed by atoms with E-state index >= 15 is 0 Å². The summed E-state index contributed by atoms with van der Waals surface area (Å²) in [6.45, 7) is 4.10. The molecule has 0 aliphatic rings. The monoisotopic (exact) mass is 353 g/mol. The van der Waals surface area contributed by atoms with E-state index in [-0.39, 0.29) is 5.56 Å². The lowest BCUT2D eigenvalue weighted by atomic mass is 10.1. The highest BCUT2D eigenvalue weighted by Gasteiger charge is 2.11. The van der Waals surface area contributed by atoms with Gasteiger partial charge in [0, 0.05) is 12.4 Å². The summed E-state index contributed by atoms with van der Waals surface area (Å²) in [5.74, 6) is 0.589. The largest absolute Gasteiger partial charge is 0.268 e. The number of hydrogen-bond donors (Lipinski definition) is 0. The van der Waals surface area contributed by atoms with Crippen molar-refractivity contribution in [3.63, 3.8) is 0 Å². The molecule has 0 fully saturated rings. The molecular weight excluding hydrogens is 334 g/mol. The molecule has 0 radical (unpaired) electrons. The molecule has 27 heavy (non-hydrogen) atoms. The quantitative estimate of drug-likeness (QED) is 0.542. The fourth-order valence-corrected chi connectivity index (χ4v) is 3.02. The smallest absolute Gasteiger partial charge is 0.266 e. The first-order chi connectivity index (χ1) is 13.1. The van der Waals surface area contributed by atoms with Crippen molar-refractivity contribution in [1.29, 1.82) is 0 Å². The molecule has 2 aromatic heterocycles. The second-order valence-electron chi connectivity index (χ2n) is 6.52. The van der Waals surface area contributed by atoms with E-state index in [9.17, 15) is 4.79 Å². The van der Waals surface area contributed by atoms with E-state index in [1.54, 1.807) is 17.0 Å². The number of pyridine rings is 1. The number of aromatic nitrogens is 3. The van der Waals surface area contributed by atoms with Crippen LogP contribution in [0.4, 0.5) is 0 Å². The molecule has 4 heteroatoms. The number of para-hydroxylation sites is 1. The fourth-order valence-electron chi connectivity index (χ4n) is 3.02. The summed E-state index contributed by atoms with van der Waals surface area (Å²) < 4.78 is 1.67. The van der Waals surface area contributed by atoms with Gasteiger partial charge < -0.3 is 0 Å². The Balaban J connectivity index is 1.97. The lowest BCUT2D eigenvalue weighted by molar-refractivity contribution is 0.941. The fraction of sp³-hybridized carbons (Fsp3) is 0.0870. The molecule has 4 aromatic rings. The van der Waals surface area contributed by atoms with Crippen LogP contribution in [0.1, 0.15) is 22.5 Å². The van der Waals surface area contributed by atoms with Crippen LogP contribution in [0.2, 0.25) is 0 Å². The van der Waals surface area contributed by atoms with Crippen LogP contribution in [-0.2, 0) is 0 Å². The number of rotatable bonds is 3. The Bertz CT molecular complexity index is 1210. The van der Waals surface area contributed by atoms with Gasteiger partial charge in [0.25, 0.3) is 5.56 Å². The van der Waals surface area contributed by atoms with Crippen molar-refractivity contribution in [2.45, 2.75) is 13.8 Å². The first-order valence-corrected chi connectivity index (χ1v) is 8.81. The maximum atomic E-state index is 13.2. The summed E-state index contributed by atoms with van der Waals surface area (Å²) in [4.78, 5) is 22.1. The zero-order valence-electron chi connectivity index (χ0n) is 15.3. The van der Waals surface area contributed by atoms with Crippen molar-refractivity contribution in [2.75, 3.05) is 0 Å². The molecule has 0 amide bonds. The topological polar surface area (TPSA) is 47.8 Å². The predicted octanol–water partition coefficient (Wildman–Crippen LogP) is 4.57. The molecule has 4 rings (SSSR count). The van der Waals surface area contributed by atoms with Crippen LogP contribution in [0.3, 0.4) is 0 Å². The zero-order valence-corrected chi connectivity index (χ0v) is 15.3. The lowest BCUT2D eigenvalue weighted by Gasteiger charge is -2.13. The Hall–Kier alpha value is -3.53. The summed E-state index contributed by atoms with van der Waals surface area (Å²) in [5, 5.41) is 0.606. The predicted molar refractivity (Wildman–Crippen MR) is 110 cm³/mol. The molecule has 2 aromatic carbocycles. The minimum Gasteiger partial charge on any atom is -0.268 e. The maximum Gasteiger partial charge on any atom is 0.266 e. The van der Waals surface area contributed by atoms with Crippen LogP contribution in [0.5, 0.6) is 0 Å². The van der Waals surface area contributed by atoms with E-state index in [0.29, 0.717) is 16.7 Å². The normalized spacial score (nSPS) is 11.3. The molecule has 4 nitrogen and oxygen atoms in total. The Labute approximate surface area is 157 Å². The van der Waals surface area contributed by atoms with Crippen molar-refractivity contribution in [3.05, 3.63) is 99.9 Å². The Morgan fingerprint density at radius 2 is 1.78 bits per heavy atom. The number of benzene rings is 2. The van der Waals surface area contributed by atoms with Crippen LogP contribution in [-0.4, -0.2) is 14.5 Å². The molecule has 0 aliphatic heterocycles. The van der Waals surface area contributed by atoms with Gasteiger partial charge in [0.05, 0.1) is 16.6 Å². The van der Waals surface area contributed by atoms with E-state index in [1.165, 1.54) is 5.56 Å². The average molecular weight is 353 g/mol. The first kappa shape index (κ1) is 16.9. The average Bonchev–Trinajstić information content (AvgIpc) is 2.70. The van der Waals surface area contributed by atoms with Crippen LogP contribution < -0.4 is 5.56 Å². The van der Waals surface area contributed by atoms with E-state index in [0.717, 1.165) is 16.8 Å². The van der Waals surface area contributed by atoms with Crippen molar-refractivity contribution in [2.24, 2.45) is 0 Å². The number of aryl methyl sites for hydroxylation is 2. The molecule has 0 unspecified atom stereocenters. The van der Waals surface area contributed by atoms with Gasteiger partial charge in [-0.25, -0.2) is 4.98 Å². The van der Waals surface area contributed by atoms with E-state index in [4.69, 9.17) is 4.98 Å². The Kier molecular flexibility index (Phi) is 4.38. The van der Waals surface area contributed by atoms with Crippen LogP contribution in [0, 0.1) is 13.8 Å². The van der Waals surface area contributed by atoms with Gasteiger partial charge in [-0.15, -0.1) is 0 Å². The molecule has 0 saturated heterocycles. The minimum atomic E-state index is -0.0744. The highest BCUT2D eigenvalue weighted by molar-refractivity contribution is 5.80. The van der Waals surface area contributed by atoms with Gasteiger partial charge in [-0.1, -0.05) is 24.3 Å².